The van der Waals surface area contributed by atoms with E-state index in [-0.39, 0.29) is 10.8 Å². The monoisotopic (exact) mass is 327 g/mol. The van der Waals surface area contributed by atoms with Crippen LogP contribution in [0.1, 0.15) is 6.92 Å². The average molecular weight is 329 g/mol. The summed E-state index contributed by atoms with van der Waals surface area (Å²) in [6, 6.07) is 4.88. The standard InChI is InChI=1S/C12H11BrClN3O/c1-2-15-12-8(13)6-16-11(17-12)7-3-4-10(18)9(14)5-7/h3-6,18H,2H2,1H3,(H,15,16,17). The summed E-state index contributed by atoms with van der Waals surface area (Å²) in [5, 5.41) is 12.8. The number of nitrogens with zero attached hydrogens (tertiary/aromatic N) is 2. The first-order chi connectivity index (χ1) is 8.61. The van der Waals surface area contributed by atoms with Crippen molar-refractivity contribution in [3.05, 3.63) is 33.9 Å². The number of phenolic OH excluding ortho intramolecular Hbond substituents is 1. The summed E-state index contributed by atoms with van der Waals surface area (Å²) in [5.74, 6) is 1.33. The Balaban J connectivity index is 2.44. The van der Waals surface area contributed by atoms with Gasteiger partial charge in [0.05, 0.1) is 9.50 Å². The van der Waals surface area contributed by atoms with Crippen molar-refractivity contribution in [1.82, 2.24) is 9.97 Å². The summed E-state index contributed by atoms with van der Waals surface area (Å²) in [5.41, 5.74) is 0.754. The Labute approximate surface area is 118 Å². The lowest BCUT2D eigenvalue weighted by molar-refractivity contribution is 0.475. The van der Waals surface area contributed by atoms with Crippen LogP contribution in [0.25, 0.3) is 11.4 Å². The molecule has 0 amide bonds. The zero-order chi connectivity index (χ0) is 13.1. The molecule has 18 heavy (non-hydrogen) atoms. The van der Waals surface area contributed by atoms with Crippen molar-refractivity contribution in [2.75, 3.05) is 11.9 Å². The largest absolute Gasteiger partial charge is 0.506 e. The third-order valence-electron chi connectivity index (χ3n) is 2.29. The van der Waals surface area contributed by atoms with Gasteiger partial charge in [0.1, 0.15) is 11.6 Å². The maximum absolute atomic E-state index is 9.38. The minimum Gasteiger partial charge on any atom is -0.506 e. The predicted molar refractivity (Wildman–Crippen MR) is 76.0 cm³/mol. The van der Waals surface area contributed by atoms with Crippen LogP contribution in [0.5, 0.6) is 5.75 Å². The Morgan fingerprint density at radius 2 is 2.22 bits per heavy atom. The molecule has 0 unspecified atom stereocenters. The van der Waals surface area contributed by atoms with Crippen molar-refractivity contribution in [3.8, 4) is 17.1 Å². The van der Waals surface area contributed by atoms with Crippen molar-refractivity contribution in [2.45, 2.75) is 6.92 Å². The van der Waals surface area contributed by atoms with E-state index in [9.17, 15) is 5.11 Å². The first-order valence-electron chi connectivity index (χ1n) is 5.37. The zero-order valence-electron chi connectivity index (χ0n) is 9.61. The van der Waals surface area contributed by atoms with Crippen LogP contribution in [-0.2, 0) is 0 Å². The summed E-state index contributed by atoms with van der Waals surface area (Å²) in [7, 11) is 0. The molecule has 0 saturated carbocycles. The van der Waals surface area contributed by atoms with Gasteiger partial charge < -0.3 is 10.4 Å². The molecular weight excluding hydrogens is 318 g/mol. The van der Waals surface area contributed by atoms with Gasteiger partial charge in [-0.15, -0.1) is 0 Å². The molecule has 1 aromatic carbocycles. The van der Waals surface area contributed by atoms with Gasteiger partial charge in [-0.25, -0.2) is 9.97 Å². The van der Waals surface area contributed by atoms with Gasteiger partial charge in [-0.1, -0.05) is 11.6 Å². The van der Waals surface area contributed by atoms with Crippen LogP contribution in [0.3, 0.4) is 0 Å². The van der Waals surface area contributed by atoms with E-state index < -0.39 is 0 Å². The number of halogens is 2. The normalized spacial score (nSPS) is 10.4. The number of anilines is 1. The van der Waals surface area contributed by atoms with Crippen LogP contribution in [0.15, 0.2) is 28.9 Å². The number of aromatic hydroxyl groups is 1. The molecule has 0 bridgehead atoms. The molecule has 1 heterocycles. The molecule has 0 spiro atoms. The van der Waals surface area contributed by atoms with Gasteiger partial charge in [0, 0.05) is 18.3 Å². The highest BCUT2D eigenvalue weighted by Gasteiger charge is 2.08. The third kappa shape index (κ3) is 2.73. The number of nitrogens with one attached hydrogen (secondary N) is 1. The second-order valence-electron chi connectivity index (χ2n) is 3.59. The summed E-state index contributed by atoms with van der Waals surface area (Å²) < 4.78 is 0.804. The summed E-state index contributed by atoms with van der Waals surface area (Å²) >= 11 is 9.24. The maximum atomic E-state index is 9.38. The van der Waals surface area contributed by atoms with E-state index in [0.717, 1.165) is 22.4 Å². The summed E-state index contributed by atoms with van der Waals surface area (Å²) in [6.07, 6.45) is 1.68. The van der Waals surface area contributed by atoms with Gasteiger partial charge in [-0.2, -0.15) is 0 Å². The molecule has 2 aromatic rings. The summed E-state index contributed by atoms with van der Waals surface area (Å²) in [4.78, 5) is 8.62. The van der Waals surface area contributed by atoms with Crippen molar-refractivity contribution in [3.63, 3.8) is 0 Å². The molecule has 0 saturated heterocycles. The Hall–Kier alpha value is -1.33. The van der Waals surface area contributed by atoms with Crippen molar-refractivity contribution in [1.29, 1.82) is 0 Å². The minimum absolute atomic E-state index is 0.0458. The van der Waals surface area contributed by atoms with Gasteiger partial charge in [-0.05, 0) is 41.1 Å². The number of hydrogen-bond donors (Lipinski definition) is 2. The molecule has 2 rings (SSSR count). The van der Waals surface area contributed by atoms with Crippen molar-refractivity contribution >= 4 is 33.3 Å². The quantitative estimate of drug-likeness (QED) is 0.902. The maximum Gasteiger partial charge on any atom is 0.161 e. The van der Waals surface area contributed by atoms with E-state index in [1.807, 2.05) is 6.92 Å². The fourth-order valence-corrected chi connectivity index (χ4v) is 1.96. The predicted octanol–water partition coefficient (Wildman–Crippen LogP) is 3.70. The van der Waals surface area contributed by atoms with Crippen LogP contribution in [-0.4, -0.2) is 21.6 Å². The molecule has 0 aliphatic heterocycles. The second-order valence-corrected chi connectivity index (χ2v) is 4.85. The van der Waals surface area contributed by atoms with Gasteiger partial charge in [0.25, 0.3) is 0 Å². The molecule has 2 N–H and O–H groups in total. The average Bonchev–Trinajstić information content (AvgIpc) is 2.36. The van der Waals surface area contributed by atoms with Gasteiger partial charge in [0.15, 0.2) is 5.82 Å². The van der Waals surface area contributed by atoms with E-state index >= 15 is 0 Å². The van der Waals surface area contributed by atoms with E-state index in [2.05, 4.69) is 31.2 Å². The lowest BCUT2D eigenvalue weighted by Gasteiger charge is -2.07. The molecule has 4 nitrogen and oxygen atoms in total. The highest BCUT2D eigenvalue weighted by atomic mass is 79.9. The molecular formula is C12H11BrClN3O. The Morgan fingerprint density at radius 3 is 2.89 bits per heavy atom. The first kappa shape index (κ1) is 13.1. The highest BCUT2D eigenvalue weighted by Crippen LogP contribution is 2.29. The highest BCUT2D eigenvalue weighted by molar-refractivity contribution is 9.10. The van der Waals surface area contributed by atoms with Crippen LogP contribution in [0.4, 0.5) is 5.82 Å². The Bertz CT molecular complexity index is 577. The van der Waals surface area contributed by atoms with E-state index in [4.69, 9.17) is 11.6 Å². The molecule has 6 heteroatoms. The number of aromatic nitrogens is 2. The smallest absolute Gasteiger partial charge is 0.161 e. The fraction of sp³-hybridized carbons (Fsp3) is 0.167. The zero-order valence-corrected chi connectivity index (χ0v) is 12.0. The first-order valence-corrected chi connectivity index (χ1v) is 6.54. The number of hydrogen-bond acceptors (Lipinski definition) is 4. The van der Waals surface area contributed by atoms with Crippen LogP contribution in [0, 0.1) is 0 Å². The third-order valence-corrected chi connectivity index (χ3v) is 3.18. The number of phenols is 1. The Morgan fingerprint density at radius 1 is 1.44 bits per heavy atom. The lowest BCUT2D eigenvalue weighted by Crippen LogP contribution is -2.02. The summed E-state index contributed by atoms with van der Waals surface area (Å²) in [6.45, 7) is 2.76. The topological polar surface area (TPSA) is 58.0 Å². The molecule has 0 atom stereocenters. The van der Waals surface area contributed by atoms with Crippen LogP contribution >= 0.6 is 27.5 Å². The molecule has 0 aliphatic rings. The van der Waals surface area contributed by atoms with Gasteiger partial charge in [-0.3, -0.25) is 0 Å². The number of benzene rings is 1. The number of rotatable bonds is 3. The van der Waals surface area contributed by atoms with Crippen LogP contribution < -0.4 is 5.32 Å². The molecule has 94 valence electrons. The molecule has 0 aliphatic carbocycles. The lowest BCUT2D eigenvalue weighted by atomic mass is 10.2. The van der Waals surface area contributed by atoms with Gasteiger partial charge in [0.2, 0.25) is 0 Å². The molecule has 0 fully saturated rings. The fourth-order valence-electron chi connectivity index (χ4n) is 1.44. The van der Waals surface area contributed by atoms with Crippen molar-refractivity contribution in [2.24, 2.45) is 0 Å². The molecule has 0 radical (unpaired) electrons. The SMILES string of the molecule is CCNc1nc(-c2ccc(O)c(Cl)c2)ncc1Br. The second kappa shape index (κ2) is 5.54. The van der Waals surface area contributed by atoms with Crippen LogP contribution in [0.2, 0.25) is 5.02 Å². The van der Waals surface area contributed by atoms with E-state index in [1.165, 1.54) is 6.07 Å². The van der Waals surface area contributed by atoms with E-state index in [0.29, 0.717) is 5.82 Å². The van der Waals surface area contributed by atoms with E-state index in [1.54, 1.807) is 18.3 Å². The minimum atomic E-state index is 0.0458. The van der Waals surface area contributed by atoms with Gasteiger partial charge >= 0.3 is 0 Å². The van der Waals surface area contributed by atoms with Crippen molar-refractivity contribution < 1.29 is 5.11 Å². The Kier molecular flexibility index (Phi) is 4.04. The molecule has 1 aromatic heterocycles.